The molecule has 1 aromatic heterocycles. The molecule has 1 unspecified atom stereocenters. The summed E-state index contributed by atoms with van der Waals surface area (Å²) in [5, 5.41) is 3.43. The number of ether oxygens (including phenoxy) is 1. The van der Waals surface area contributed by atoms with Crippen molar-refractivity contribution in [1.29, 1.82) is 0 Å². The van der Waals surface area contributed by atoms with Gasteiger partial charge in [0.25, 0.3) is 0 Å². The fourth-order valence-corrected chi connectivity index (χ4v) is 2.64. The molecule has 0 saturated carbocycles. The molecule has 2 rings (SSSR count). The minimum absolute atomic E-state index is 0.313. The highest BCUT2D eigenvalue weighted by molar-refractivity contribution is 5.90. The van der Waals surface area contributed by atoms with Crippen LogP contribution in [0.4, 0.5) is 5.82 Å². The molecule has 110 valence electrons. The summed E-state index contributed by atoms with van der Waals surface area (Å²) in [5.74, 6) is 0.551. The van der Waals surface area contributed by atoms with Crippen LogP contribution in [0, 0.1) is 0 Å². The number of pyridine rings is 1. The molecule has 20 heavy (non-hydrogen) atoms. The molecule has 1 N–H and O–H groups in total. The minimum atomic E-state index is -0.313. The number of nitrogens with zero attached hydrogens (tertiary/aromatic N) is 2. The van der Waals surface area contributed by atoms with Gasteiger partial charge in [0.1, 0.15) is 5.82 Å². The van der Waals surface area contributed by atoms with E-state index in [1.54, 1.807) is 12.3 Å². The molecule has 5 heteroatoms. The Labute approximate surface area is 120 Å². The molecule has 1 saturated heterocycles. The van der Waals surface area contributed by atoms with Gasteiger partial charge in [-0.1, -0.05) is 6.92 Å². The molecule has 0 radical (unpaired) electrons. The number of esters is 1. The second-order valence-electron chi connectivity index (χ2n) is 5.09. The van der Waals surface area contributed by atoms with E-state index in [0.29, 0.717) is 11.6 Å². The van der Waals surface area contributed by atoms with Crippen molar-refractivity contribution in [2.24, 2.45) is 0 Å². The molecule has 0 aliphatic carbocycles. The van der Waals surface area contributed by atoms with E-state index in [-0.39, 0.29) is 5.97 Å². The monoisotopic (exact) mass is 277 g/mol. The van der Waals surface area contributed by atoms with Crippen LogP contribution < -0.4 is 10.2 Å². The Balaban J connectivity index is 2.21. The summed E-state index contributed by atoms with van der Waals surface area (Å²) in [6, 6.07) is 3.97. The van der Waals surface area contributed by atoms with Gasteiger partial charge >= 0.3 is 5.97 Å². The Morgan fingerprint density at radius 2 is 2.45 bits per heavy atom. The molecule has 0 spiro atoms. The van der Waals surface area contributed by atoms with E-state index >= 15 is 0 Å². The molecule has 1 aliphatic heterocycles. The van der Waals surface area contributed by atoms with Gasteiger partial charge in [-0.15, -0.1) is 0 Å². The predicted molar refractivity (Wildman–Crippen MR) is 79.1 cm³/mol. The van der Waals surface area contributed by atoms with Crippen molar-refractivity contribution in [3.63, 3.8) is 0 Å². The zero-order chi connectivity index (χ0) is 14.4. The Kier molecular flexibility index (Phi) is 5.35. The molecule has 1 atom stereocenters. The van der Waals surface area contributed by atoms with Crippen LogP contribution in [0.1, 0.15) is 36.5 Å². The van der Waals surface area contributed by atoms with Gasteiger partial charge in [0.05, 0.1) is 12.7 Å². The van der Waals surface area contributed by atoms with Crippen molar-refractivity contribution in [3.05, 3.63) is 23.9 Å². The number of nitrogens with one attached hydrogen (secondary N) is 1. The van der Waals surface area contributed by atoms with Crippen LogP contribution in [0.2, 0.25) is 0 Å². The number of hydrogen-bond donors (Lipinski definition) is 1. The molecule has 0 amide bonds. The first-order chi connectivity index (χ1) is 9.76. The van der Waals surface area contributed by atoms with Gasteiger partial charge in [0.2, 0.25) is 0 Å². The van der Waals surface area contributed by atoms with Crippen molar-refractivity contribution >= 4 is 11.8 Å². The first kappa shape index (κ1) is 14.8. The molecule has 1 aliphatic rings. The molecule has 5 nitrogen and oxygen atoms in total. The lowest BCUT2D eigenvalue weighted by Crippen LogP contribution is -2.46. The lowest BCUT2D eigenvalue weighted by Gasteiger charge is -2.35. The molecule has 2 heterocycles. The Morgan fingerprint density at radius 3 is 3.10 bits per heavy atom. The van der Waals surface area contributed by atoms with E-state index in [4.69, 9.17) is 4.74 Å². The van der Waals surface area contributed by atoms with E-state index < -0.39 is 0 Å². The van der Waals surface area contributed by atoms with Crippen LogP contribution in [0.3, 0.4) is 0 Å². The quantitative estimate of drug-likeness (QED) is 0.832. The van der Waals surface area contributed by atoms with E-state index in [1.807, 2.05) is 6.07 Å². The number of aromatic nitrogens is 1. The lowest BCUT2D eigenvalue weighted by molar-refractivity contribution is 0.0600. The average Bonchev–Trinajstić information content (AvgIpc) is 2.52. The minimum Gasteiger partial charge on any atom is -0.465 e. The van der Waals surface area contributed by atoms with Crippen molar-refractivity contribution in [3.8, 4) is 0 Å². The second-order valence-corrected chi connectivity index (χ2v) is 5.09. The zero-order valence-electron chi connectivity index (χ0n) is 12.3. The highest BCUT2D eigenvalue weighted by atomic mass is 16.5. The zero-order valence-corrected chi connectivity index (χ0v) is 12.3. The third-order valence-corrected chi connectivity index (χ3v) is 3.64. The highest BCUT2D eigenvalue weighted by Crippen LogP contribution is 2.20. The summed E-state index contributed by atoms with van der Waals surface area (Å²) < 4.78 is 4.78. The Bertz CT molecular complexity index is 444. The topological polar surface area (TPSA) is 54.5 Å². The maximum Gasteiger partial charge on any atom is 0.338 e. The average molecular weight is 277 g/mol. The van der Waals surface area contributed by atoms with Gasteiger partial charge < -0.3 is 15.0 Å². The number of piperidine rings is 1. The molecule has 0 aromatic carbocycles. The standard InChI is InChI=1S/C15H23N3O2/c1-3-9-18(13-5-4-7-16-11-13)14-10-12(6-8-17-14)15(19)20-2/h6,8,10,13,16H,3-5,7,9,11H2,1-2H3. The predicted octanol–water partition coefficient (Wildman–Crippen LogP) is 1.84. The molecule has 1 fully saturated rings. The lowest BCUT2D eigenvalue weighted by atomic mass is 10.1. The molecule has 0 bridgehead atoms. The van der Waals surface area contributed by atoms with E-state index in [0.717, 1.165) is 38.3 Å². The van der Waals surface area contributed by atoms with Gasteiger partial charge in [-0.25, -0.2) is 9.78 Å². The maximum atomic E-state index is 11.6. The maximum absolute atomic E-state index is 11.6. The van der Waals surface area contributed by atoms with Crippen LogP contribution in [0.15, 0.2) is 18.3 Å². The van der Waals surface area contributed by atoms with E-state index in [1.165, 1.54) is 13.5 Å². The van der Waals surface area contributed by atoms with Crippen LogP contribution in [-0.4, -0.2) is 43.7 Å². The van der Waals surface area contributed by atoms with Gasteiger partial charge in [0.15, 0.2) is 0 Å². The van der Waals surface area contributed by atoms with Crippen LogP contribution in [0.5, 0.6) is 0 Å². The molecule has 1 aromatic rings. The smallest absolute Gasteiger partial charge is 0.338 e. The van der Waals surface area contributed by atoms with Gasteiger partial charge in [-0.2, -0.15) is 0 Å². The van der Waals surface area contributed by atoms with Crippen molar-refractivity contribution in [2.75, 3.05) is 31.6 Å². The number of carbonyl (C=O) groups excluding carboxylic acids is 1. The highest BCUT2D eigenvalue weighted by Gasteiger charge is 2.22. The van der Waals surface area contributed by atoms with Gasteiger partial charge in [-0.3, -0.25) is 0 Å². The van der Waals surface area contributed by atoms with Crippen LogP contribution >= 0.6 is 0 Å². The fourth-order valence-electron chi connectivity index (χ4n) is 2.64. The molecular weight excluding hydrogens is 254 g/mol. The van der Waals surface area contributed by atoms with Crippen molar-refractivity contribution in [2.45, 2.75) is 32.2 Å². The number of anilines is 1. The molecular formula is C15H23N3O2. The summed E-state index contributed by atoms with van der Waals surface area (Å²) in [6.07, 6.45) is 5.08. The van der Waals surface area contributed by atoms with Gasteiger partial charge in [-0.05, 0) is 37.9 Å². The fraction of sp³-hybridized carbons (Fsp3) is 0.600. The number of methoxy groups -OCH3 is 1. The van der Waals surface area contributed by atoms with E-state index in [2.05, 4.69) is 22.1 Å². The van der Waals surface area contributed by atoms with Crippen molar-refractivity contribution < 1.29 is 9.53 Å². The SMILES string of the molecule is CCCN(c1cc(C(=O)OC)ccn1)C1CCCNC1. The first-order valence-corrected chi connectivity index (χ1v) is 7.28. The number of carbonyl (C=O) groups is 1. The van der Waals surface area contributed by atoms with Crippen LogP contribution in [0.25, 0.3) is 0 Å². The van der Waals surface area contributed by atoms with Crippen LogP contribution in [-0.2, 0) is 4.74 Å². The number of hydrogen-bond acceptors (Lipinski definition) is 5. The Morgan fingerprint density at radius 1 is 1.60 bits per heavy atom. The second kappa shape index (κ2) is 7.24. The largest absolute Gasteiger partial charge is 0.465 e. The normalized spacial score (nSPS) is 18.6. The summed E-state index contributed by atoms with van der Waals surface area (Å²) in [7, 11) is 1.40. The summed E-state index contributed by atoms with van der Waals surface area (Å²) in [5.41, 5.74) is 0.558. The third kappa shape index (κ3) is 3.48. The first-order valence-electron chi connectivity index (χ1n) is 7.28. The number of rotatable bonds is 5. The summed E-state index contributed by atoms with van der Waals surface area (Å²) >= 11 is 0. The Hall–Kier alpha value is -1.62. The van der Waals surface area contributed by atoms with Crippen molar-refractivity contribution in [1.82, 2.24) is 10.3 Å². The summed E-state index contributed by atoms with van der Waals surface area (Å²) in [6.45, 7) is 5.17. The third-order valence-electron chi connectivity index (χ3n) is 3.64. The summed E-state index contributed by atoms with van der Waals surface area (Å²) in [4.78, 5) is 18.4. The van der Waals surface area contributed by atoms with Gasteiger partial charge in [0, 0.05) is 25.3 Å². The van der Waals surface area contributed by atoms with E-state index in [9.17, 15) is 4.79 Å².